The first-order chi connectivity index (χ1) is 11.8. The molecule has 1 amide bonds. The number of aromatic nitrogens is 3. The predicted molar refractivity (Wildman–Crippen MR) is 88.4 cm³/mol. The molecular formula is C18H18N4O2. The van der Waals surface area contributed by atoms with Gasteiger partial charge >= 0.3 is 0 Å². The van der Waals surface area contributed by atoms with Crippen LogP contribution in [0.2, 0.25) is 0 Å². The second-order valence-electron chi connectivity index (χ2n) is 6.01. The third-order valence-corrected chi connectivity index (χ3v) is 4.40. The summed E-state index contributed by atoms with van der Waals surface area (Å²) in [6, 6.07) is 11.4. The molecule has 3 aromatic rings. The van der Waals surface area contributed by atoms with Crippen molar-refractivity contribution in [1.29, 1.82) is 0 Å². The number of nitrogens with zero attached hydrogens (tertiary/aromatic N) is 3. The number of nitrogens with one attached hydrogen (secondary N) is 1. The molecule has 1 fully saturated rings. The van der Waals surface area contributed by atoms with Gasteiger partial charge in [-0.15, -0.1) is 0 Å². The molecule has 1 N–H and O–H groups in total. The highest BCUT2D eigenvalue weighted by molar-refractivity contribution is 5.93. The van der Waals surface area contributed by atoms with E-state index in [-0.39, 0.29) is 11.8 Å². The Bertz CT molecular complexity index is 811. The van der Waals surface area contributed by atoms with Gasteiger partial charge in [-0.2, -0.15) is 0 Å². The molecule has 1 aliphatic rings. The molecule has 122 valence electrons. The molecule has 4 rings (SSSR count). The summed E-state index contributed by atoms with van der Waals surface area (Å²) in [7, 11) is 0. The number of carbonyl (C=O) groups is 1. The zero-order valence-electron chi connectivity index (χ0n) is 13.2. The summed E-state index contributed by atoms with van der Waals surface area (Å²) in [6.07, 6.45) is 5.56. The molecule has 6 heteroatoms. The van der Waals surface area contributed by atoms with E-state index in [1.165, 1.54) is 0 Å². The van der Waals surface area contributed by atoms with E-state index >= 15 is 0 Å². The summed E-state index contributed by atoms with van der Waals surface area (Å²) < 4.78 is 5.35. The minimum absolute atomic E-state index is 0.0859. The highest BCUT2D eigenvalue weighted by Gasteiger charge is 2.28. The van der Waals surface area contributed by atoms with E-state index in [4.69, 9.17) is 4.52 Å². The van der Waals surface area contributed by atoms with E-state index in [9.17, 15) is 4.79 Å². The summed E-state index contributed by atoms with van der Waals surface area (Å²) in [4.78, 5) is 22.0. The van der Waals surface area contributed by atoms with E-state index in [1.54, 1.807) is 12.3 Å². The van der Waals surface area contributed by atoms with Crippen LogP contribution in [0.1, 0.15) is 35.1 Å². The zero-order chi connectivity index (χ0) is 16.4. The Balaban J connectivity index is 1.50. The van der Waals surface area contributed by atoms with Gasteiger partial charge in [-0.1, -0.05) is 35.5 Å². The third-order valence-electron chi connectivity index (χ3n) is 4.40. The number of amides is 1. The number of carbonyl (C=O) groups excluding carboxylic acids is 1. The lowest BCUT2D eigenvalue weighted by atomic mass is 9.97. The van der Waals surface area contributed by atoms with Gasteiger partial charge in [0.15, 0.2) is 11.5 Å². The molecule has 0 radical (unpaired) electrons. The van der Waals surface area contributed by atoms with Crippen LogP contribution in [0.3, 0.4) is 0 Å². The minimum atomic E-state index is -0.0859. The first-order valence-corrected chi connectivity index (χ1v) is 8.12. The Kier molecular flexibility index (Phi) is 3.86. The molecular weight excluding hydrogens is 304 g/mol. The van der Waals surface area contributed by atoms with E-state index in [1.807, 2.05) is 41.4 Å². The SMILES string of the molecule is O=C(c1cc(-c2ccccc2)on1)N1CCC[C@@H](c2ncc[nH]2)C1. The lowest BCUT2D eigenvalue weighted by molar-refractivity contribution is 0.0694. The molecule has 1 aromatic carbocycles. The third kappa shape index (κ3) is 2.82. The van der Waals surface area contributed by atoms with Gasteiger partial charge in [-0.3, -0.25) is 4.79 Å². The lowest BCUT2D eigenvalue weighted by Crippen LogP contribution is -2.39. The molecule has 1 saturated heterocycles. The fourth-order valence-electron chi connectivity index (χ4n) is 3.16. The number of likely N-dealkylation sites (tertiary alicyclic amines) is 1. The van der Waals surface area contributed by atoms with Crippen molar-refractivity contribution in [2.45, 2.75) is 18.8 Å². The average Bonchev–Trinajstić information content (AvgIpc) is 3.34. The van der Waals surface area contributed by atoms with Crippen molar-refractivity contribution in [3.8, 4) is 11.3 Å². The Hall–Kier alpha value is -2.89. The average molecular weight is 322 g/mol. The summed E-state index contributed by atoms with van der Waals surface area (Å²) in [5.41, 5.74) is 1.27. The van der Waals surface area contributed by atoms with Gasteiger partial charge in [0, 0.05) is 43.0 Å². The van der Waals surface area contributed by atoms with Crippen LogP contribution in [0.4, 0.5) is 0 Å². The van der Waals surface area contributed by atoms with Crippen LogP contribution in [0.15, 0.2) is 53.3 Å². The summed E-state index contributed by atoms with van der Waals surface area (Å²) in [5, 5.41) is 3.97. The fourth-order valence-corrected chi connectivity index (χ4v) is 3.16. The first kappa shape index (κ1) is 14.7. The summed E-state index contributed by atoms with van der Waals surface area (Å²) in [5.74, 6) is 1.71. The van der Waals surface area contributed by atoms with Gasteiger partial charge in [-0.05, 0) is 12.8 Å². The van der Waals surface area contributed by atoms with Crippen LogP contribution >= 0.6 is 0 Å². The van der Waals surface area contributed by atoms with Crippen molar-refractivity contribution < 1.29 is 9.32 Å². The molecule has 0 unspecified atom stereocenters. The Morgan fingerprint density at radius 3 is 2.96 bits per heavy atom. The fraction of sp³-hybridized carbons (Fsp3) is 0.278. The quantitative estimate of drug-likeness (QED) is 0.804. The van der Waals surface area contributed by atoms with Crippen molar-refractivity contribution in [2.75, 3.05) is 13.1 Å². The molecule has 2 aromatic heterocycles. The normalized spacial score (nSPS) is 17.8. The highest BCUT2D eigenvalue weighted by atomic mass is 16.5. The Labute approximate surface area is 139 Å². The van der Waals surface area contributed by atoms with Gasteiger partial charge < -0.3 is 14.4 Å². The summed E-state index contributed by atoms with van der Waals surface area (Å²) >= 11 is 0. The predicted octanol–water partition coefficient (Wildman–Crippen LogP) is 3.08. The van der Waals surface area contributed by atoms with Crippen molar-refractivity contribution in [1.82, 2.24) is 20.0 Å². The molecule has 6 nitrogen and oxygen atoms in total. The maximum absolute atomic E-state index is 12.7. The van der Waals surface area contributed by atoms with Gasteiger partial charge in [-0.25, -0.2) is 4.98 Å². The number of piperidine rings is 1. The van der Waals surface area contributed by atoms with Crippen LogP contribution in [-0.4, -0.2) is 39.0 Å². The molecule has 0 saturated carbocycles. The van der Waals surface area contributed by atoms with Gasteiger partial charge in [0.1, 0.15) is 5.82 Å². The van der Waals surface area contributed by atoms with Gasteiger partial charge in [0.2, 0.25) is 0 Å². The van der Waals surface area contributed by atoms with Crippen LogP contribution in [0.25, 0.3) is 11.3 Å². The molecule has 0 bridgehead atoms. The second kappa shape index (κ2) is 6.31. The smallest absolute Gasteiger partial charge is 0.276 e. The van der Waals surface area contributed by atoms with E-state index in [2.05, 4.69) is 15.1 Å². The number of hydrogen-bond acceptors (Lipinski definition) is 4. The standard InChI is InChI=1S/C18H18N4O2/c23-18(15-11-16(24-21-15)13-5-2-1-3-6-13)22-10-4-7-14(12-22)17-19-8-9-20-17/h1-3,5-6,8-9,11,14H,4,7,10,12H2,(H,19,20)/t14-/m1/s1. The topological polar surface area (TPSA) is 75.0 Å². The Morgan fingerprint density at radius 2 is 2.17 bits per heavy atom. The molecule has 0 spiro atoms. The van der Waals surface area contributed by atoms with E-state index in [0.717, 1.165) is 30.8 Å². The molecule has 3 heterocycles. The number of benzene rings is 1. The highest BCUT2D eigenvalue weighted by Crippen LogP contribution is 2.26. The number of rotatable bonds is 3. The van der Waals surface area contributed by atoms with E-state index < -0.39 is 0 Å². The van der Waals surface area contributed by atoms with E-state index in [0.29, 0.717) is 18.0 Å². The molecule has 1 aliphatic heterocycles. The largest absolute Gasteiger partial charge is 0.355 e. The summed E-state index contributed by atoms with van der Waals surface area (Å²) in [6.45, 7) is 1.39. The first-order valence-electron chi connectivity index (χ1n) is 8.12. The van der Waals surface area contributed by atoms with Crippen LogP contribution in [0, 0.1) is 0 Å². The monoisotopic (exact) mass is 322 g/mol. The van der Waals surface area contributed by atoms with Crippen molar-refractivity contribution in [2.24, 2.45) is 0 Å². The Morgan fingerprint density at radius 1 is 1.29 bits per heavy atom. The maximum Gasteiger partial charge on any atom is 0.276 e. The van der Waals surface area contributed by atoms with Crippen molar-refractivity contribution in [3.05, 3.63) is 60.3 Å². The van der Waals surface area contributed by atoms with Gasteiger partial charge in [0.05, 0.1) is 0 Å². The molecule has 1 atom stereocenters. The zero-order valence-corrected chi connectivity index (χ0v) is 13.2. The molecule has 0 aliphatic carbocycles. The number of hydrogen-bond donors (Lipinski definition) is 1. The van der Waals surface area contributed by atoms with Gasteiger partial charge in [0.25, 0.3) is 5.91 Å². The van der Waals surface area contributed by atoms with Crippen molar-refractivity contribution >= 4 is 5.91 Å². The second-order valence-corrected chi connectivity index (χ2v) is 6.01. The van der Waals surface area contributed by atoms with Crippen LogP contribution in [0.5, 0.6) is 0 Å². The van der Waals surface area contributed by atoms with Crippen LogP contribution in [-0.2, 0) is 0 Å². The number of imidazole rings is 1. The number of H-pyrrole nitrogens is 1. The maximum atomic E-state index is 12.7. The van der Waals surface area contributed by atoms with Crippen LogP contribution < -0.4 is 0 Å². The lowest BCUT2D eigenvalue weighted by Gasteiger charge is -2.31. The number of aromatic amines is 1. The minimum Gasteiger partial charge on any atom is -0.355 e. The molecule has 24 heavy (non-hydrogen) atoms. The van der Waals surface area contributed by atoms with Crippen molar-refractivity contribution in [3.63, 3.8) is 0 Å².